The summed E-state index contributed by atoms with van der Waals surface area (Å²) in [5.41, 5.74) is 2.07. The lowest BCUT2D eigenvalue weighted by Crippen LogP contribution is -2.42. The zero-order valence-corrected chi connectivity index (χ0v) is 15.1. The van der Waals surface area contributed by atoms with Gasteiger partial charge in [0.1, 0.15) is 11.8 Å². The van der Waals surface area contributed by atoms with Crippen LogP contribution in [0.4, 0.5) is 0 Å². The van der Waals surface area contributed by atoms with E-state index in [2.05, 4.69) is 15.2 Å². The van der Waals surface area contributed by atoms with E-state index in [-0.39, 0.29) is 23.3 Å². The van der Waals surface area contributed by atoms with E-state index in [0.717, 1.165) is 28.6 Å². The van der Waals surface area contributed by atoms with E-state index in [4.69, 9.17) is 4.74 Å². The van der Waals surface area contributed by atoms with Crippen LogP contribution in [0.1, 0.15) is 28.9 Å². The second-order valence-corrected chi connectivity index (χ2v) is 7.31. The molecule has 0 aliphatic carbocycles. The summed E-state index contributed by atoms with van der Waals surface area (Å²) in [6, 6.07) is 8.87. The Labute approximate surface area is 153 Å². The predicted octanol–water partition coefficient (Wildman–Crippen LogP) is 2.37. The molecule has 26 heavy (non-hydrogen) atoms. The molecule has 1 N–H and O–H groups in total. The number of hydrogen-bond donors (Lipinski definition) is 1. The fourth-order valence-corrected chi connectivity index (χ4v) is 4.02. The maximum atomic E-state index is 12.4. The van der Waals surface area contributed by atoms with Gasteiger partial charge < -0.3 is 9.64 Å². The number of thiazole rings is 1. The van der Waals surface area contributed by atoms with Crippen LogP contribution in [0.2, 0.25) is 0 Å². The summed E-state index contributed by atoms with van der Waals surface area (Å²) in [4.78, 5) is 29.8. The van der Waals surface area contributed by atoms with Crippen LogP contribution in [0.5, 0.6) is 5.19 Å². The lowest BCUT2D eigenvalue weighted by Gasteiger charge is -2.31. The van der Waals surface area contributed by atoms with Gasteiger partial charge in [0, 0.05) is 32.0 Å². The highest BCUT2D eigenvalue weighted by Gasteiger charge is 2.26. The molecule has 1 amide bonds. The quantitative estimate of drug-likeness (QED) is 0.765. The van der Waals surface area contributed by atoms with Crippen LogP contribution in [0.3, 0.4) is 0 Å². The first-order valence-electron chi connectivity index (χ1n) is 8.48. The minimum absolute atomic E-state index is 0.0449. The summed E-state index contributed by atoms with van der Waals surface area (Å²) in [6.45, 7) is 3.23. The van der Waals surface area contributed by atoms with E-state index in [1.807, 2.05) is 25.1 Å². The Morgan fingerprint density at radius 2 is 2.08 bits per heavy atom. The van der Waals surface area contributed by atoms with Crippen molar-refractivity contribution in [3.8, 4) is 5.19 Å². The van der Waals surface area contributed by atoms with Crippen molar-refractivity contribution >= 4 is 27.5 Å². The second kappa shape index (κ2) is 6.87. The van der Waals surface area contributed by atoms with Crippen LogP contribution >= 0.6 is 11.3 Å². The van der Waals surface area contributed by atoms with Crippen LogP contribution in [-0.4, -0.2) is 45.2 Å². The molecule has 1 fully saturated rings. The smallest absolute Gasteiger partial charge is 0.274 e. The molecule has 0 atom stereocenters. The number of aromatic nitrogens is 3. The van der Waals surface area contributed by atoms with E-state index in [9.17, 15) is 9.59 Å². The largest absolute Gasteiger partial charge is 0.467 e. The highest BCUT2D eigenvalue weighted by Crippen LogP contribution is 2.31. The van der Waals surface area contributed by atoms with Crippen molar-refractivity contribution in [1.82, 2.24) is 20.1 Å². The number of fused-ring (bicyclic) bond motifs is 1. The normalized spacial score (nSPS) is 15.3. The van der Waals surface area contributed by atoms with E-state index >= 15 is 0 Å². The molecule has 1 aliphatic rings. The molecule has 0 radical (unpaired) electrons. The van der Waals surface area contributed by atoms with Gasteiger partial charge in [-0.15, -0.1) is 0 Å². The summed E-state index contributed by atoms with van der Waals surface area (Å²) in [5.74, 6) is -0.171. The average Bonchev–Trinajstić information content (AvgIpc) is 3.06. The molecular formula is C18H18N4O3S. The Balaban J connectivity index is 1.38. The van der Waals surface area contributed by atoms with Crippen molar-refractivity contribution in [3.05, 3.63) is 51.9 Å². The highest BCUT2D eigenvalue weighted by atomic mass is 32.1. The molecule has 0 bridgehead atoms. The fourth-order valence-electron chi connectivity index (χ4n) is 3.06. The van der Waals surface area contributed by atoms with Crippen LogP contribution in [0.15, 0.2) is 35.1 Å². The molecule has 0 saturated carbocycles. The lowest BCUT2D eigenvalue weighted by atomic mass is 10.1. The fraction of sp³-hybridized carbons (Fsp3) is 0.333. The summed E-state index contributed by atoms with van der Waals surface area (Å²) in [5, 5.41) is 6.78. The van der Waals surface area contributed by atoms with Crippen molar-refractivity contribution in [1.29, 1.82) is 0 Å². The zero-order valence-electron chi connectivity index (χ0n) is 14.3. The molecule has 134 valence electrons. The van der Waals surface area contributed by atoms with Gasteiger partial charge in [0.2, 0.25) is 0 Å². The summed E-state index contributed by atoms with van der Waals surface area (Å²) < 4.78 is 7.17. The first kappa shape index (κ1) is 16.7. The van der Waals surface area contributed by atoms with Crippen LogP contribution in [-0.2, 0) is 0 Å². The topological polar surface area (TPSA) is 88.2 Å². The number of carbonyl (C=O) groups is 1. The van der Waals surface area contributed by atoms with E-state index in [0.29, 0.717) is 18.3 Å². The van der Waals surface area contributed by atoms with E-state index in [1.165, 1.54) is 12.1 Å². The van der Waals surface area contributed by atoms with Crippen molar-refractivity contribution in [2.45, 2.75) is 25.9 Å². The van der Waals surface area contributed by atoms with Gasteiger partial charge in [-0.2, -0.15) is 5.10 Å². The number of benzene rings is 1. The molecule has 1 aromatic carbocycles. The van der Waals surface area contributed by atoms with Crippen molar-refractivity contribution in [3.63, 3.8) is 0 Å². The van der Waals surface area contributed by atoms with Crippen LogP contribution in [0.25, 0.3) is 10.2 Å². The highest BCUT2D eigenvalue weighted by molar-refractivity contribution is 7.20. The molecule has 8 heteroatoms. The standard InChI is InChI=1S/C18H18N4O3S/c1-11-3-2-4-14-16(11)19-18(26-14)25-12-7-9-22(10-8-12)17(24)13-5-6-15(23)21-20-13/h2-6,12H,7-10H2,1H3,(H,21,23). The number of hydrogen-bond acceptors (Lipinski definition) is 6. The monoisotopic (exact) mass is 370 g/mol. The number of ether oxygens (including phenoxy) is 1. The zero-order chi connectivity index (χ0) is 18.1. The van der Waals surface area contributed by atoms with Gasteiger partial charge in [0.25, 0.3) is 16.7 Å². The van der Waals surface area contributed by atoms with Gasteiger partial charge in [-0.05, 0) is 24.6 Å². The summed E-state index contributed by atoms with van der Waals surface area (Å²) in [6.07, 6.45) is 1.53. The maximum Gasteiger partial charge on any atom is 0.274 e. The number of amides is 1. The van der Waals surface area contributed by atoms with Crippen molar-refractivity contribution < 1.29 is 9.53 Å². The van der Waals surface area contributed by atoms with Gasteiger partial charge in [-0.25, -0.2) is 10.1 Å². The van der Waals surface area contributed by atoms with E-state index in [1.54, 1.807) is 16.2 Å². The number of piperidine rings is 1. The van der Waals surface area contributed by atoms with Crippen molar-refractivity contribution in [2.24, 2.45) is 0 Å². The molecule has 3 heterocycles. The number of aromatic amines is 1. The Hall–Kier alpha value is -2.74. The lowest BCUT2D eigenvalue weighted by molar-refractivity contribution is 0.0589. The average molecular weight is 370 g/mol. The van der Waals surface area contributed by atoms with Gasteiger partial charge in [0.15, 0.2) is 0 Å². The minimum atomic E-state index is -0.320. The Morgan fingerprint density at radius 3 is 2.77 bits per heavy atom. The van der Waals surface area contributed by atoms with E-state index < -0.39 is 0 Å². The van der Waals surface area contributed by atoms with Gasteiger partial charge in [-0.1, -0.05) is 23.5 Å². The number of carbonyl (C=O) groups excluding carboxylic acids is 1. The minimum Gasteiger partial charge on any atom is -0.467 e. The third kappa shape index (κ3) is 3.32. The first-order chi connectivity index (χ1) is 12.6. The molecule has 0 unspecified atom stereocenters. The number of H-pyrrole nitrogens is 1. The molecule has 1 saturated heterocycles. The maximum absolute atomic E-state index is 12.4. The molecule has 2 aromatic heterocycles. The summed E-state index contributed by atoms with van der Waals surface area (Å²) >= 11 is 1.55. The molecular weight excluding hydrogens is 352 g/mol. The molecule has 7 nitrogen and oxygen atoms in total. The Bertz CT molecular complexity index is 985. The first-order valence-corrected chi connectivity index (χ1v) is 9.29. The third-order valence-corrected chi connectivity index (χ3v) is 5.41. The number of likely N-dealkylation sites (tertiary alicyclic amines) is 1. The number of rotatable bonds is 3. The number of para-hydroxylation sites is 1. The van der Waals surface area contributed by atoms with Crippen LogP contribution in [0, 0.1) is 6.92 Å². The summed E-state index contributed by atoms with van der Waals surface area (Å²) in [7, 11) is 0. The molecule has 0 spiro atoms. The Kier molecular flexibility index (Phi) is 4.42. The number of nitrogens with one attached hydrogen (secondary N) is 1. The predicted molar refractivity (Wildman–Crippen MR) is 98.8 cm³/mol. The van der Waals surface area contributed by atoms with Crippen LogP contribution < -0.4 is 10.3 Å². The number of aryl methyl sites for hydroxylation is 1. The SMILES string of the molecule is Cc1cccc2sc(OC3CCN(C(=O)c4ccc(=O)[nH]n4)CC3)nc12. The third-order valence-electron chi connectivity index (χ3n) is 4.50. The van der Waals surface area contributed by atoms with Crippen molar-refractivity contribution in [2.75, 3.05) is 13.1 Å². The molecule has 1 aliphatic heterocycles. The van der Waals surface area contributed by atoms with Gasteiger partial charge in [0.05, 0.1) is 10.2 Å². The molecule has 3 aromatic rings. The number of nitrogens with zero attached hydrogens (tertiary/aromatic N) is 3. The Morgan fingerprint density at radius 1 is 1.27 bits per heavy atom. The second-order valence-electron chi connectivity index (χ2n) is 6.32. The van der Waals surface area contributed by atoms with Gasteiger partial charge >= 0.3 is 0 Å². The van der Waals surface area contributed by atoms with Gasteiger partial charge in [-0.3, -0.25) is 9.59 Å². The molecule has 4 rings (SSSR count).